The number of benzene rings is 2. The minimum atomic E-state index is -0.282. The Morgan fingerprint density at radius 2 is 1.86 bits per heavy atom. The van der Waals surface area contributed by atoms with E-state index in [1.54, 1.807) is 12.1 Å². The average Bonchev–Trinajstić information content (AvgIpc) is 3.08. The number of rotatable bonds is 7. The van der Waals surface area contributed by atoms with E-state index in [2.05, 4.69) is 10.2 Å². The third-order valence-corrected chi connectivity index (χ3v) is 6.07. The van der Waals surface area contributed by atoms with Crippen molar-refractivity contribution < 1.29 is 9.13 Å². The van der Waals surface area contributed by atoms with Crippen LogP contribution in [0.5, 0.6) is 5.75 Å². The topological polar surface area (TPSA) is 39.9 Å². The summed E-state index contributed by atoms with van der Waals surface area (Å²) in [5.41, 5.74) is 2.60. The van der Waals surface area contributed by atoms with Crippen molar-refractivity contribution in [3.8, 4) is 5.75 Å². The maximum absolute atomic E-state index is 13.9. The zero-order valence-corrected chi connectivity index (χ0v) is 17.9. The Morgan fingerprint density at radius 3 is 2.50 bits per heavy atom. The molecule has 0 aliphatic rings. The molecule has 0 amide bonds. The number of aryl methyl sites for hydroxylation is 2. The number of hydrogen-bond donors (Lipinski definition) is 0. The summed E-state index contributed by atoms with van der Waals surface area (Å²) in [6.45, 7) is 8.59. The van der Waals surface area contributed by atoms with Gasteiger partial charge < -0.3 is 9.30 Å². The Labute approximate surface area is 174 Å². The van der Waals surface area contributed by atoms with Crippen LogP contribution in [0, 0.1) is 19.7 Å². The predicted octanol–water partition coefficient (Wildman–Crippen LogP) is 6.14. The molecule has 0 saturated carbocycles. The lowest BCUT2D eigenvalue weighted by Gasteiger charge is -2.17. The van der Waals surface area contributed by atoms with Crippen molar-refractivity contribution >= 4 is 23.4 Å². The molecule has 3 aromatic rings. The second kappa shape index (κ2) is 8.97. The maximum Gasteiger partial charge on any atom is 0.191 e. The quantitative estimate of drug-likeness (QED) is 0.431. The Bertz CT molecular complexity index is 953. The molecule has 0 fully saturated rings. The van der Waals surface area contributed by atoms with Gasteiger partial charge in [0.15, 0.2) is 17.1 Å². The van der Waals surface area contributed by atoms with Gasteiger partial charge in [-0.1, -0.05) is 41.6 Å². The van der Waals surface area contributed by atoms with Crippen LogP contribution in [0.3, 0.4) is 0 Å². The lowest BCUT2D eigenvalue weighted by Crippen LogP contribution is -2.12. The SMILES string of the molecule is CCn1c(SCc2ccccc2F)nnc1C(C)Oc1cc(C)c(Cl)c(C)c1. The molecule has 0 aliphatic heterocycles. The van der Waals surface area contributed by atoms with Gasteiger partial charge in [0, 0.05) is 17.3 Å². The van der Waals surface area contributed by atoms with E-state index in [0.29, 0.717) is 17.9 Å². The standard InChI is InChI=1S/C21H23ClFN3OS/c1-5-26-20(15(4)27-17-10-13(2)19(22)14(3)11-17)24-25-21(26)28-12-16-8-6-7-9-18(16)23/h6-11,15H,5,12H2,1-4H3. The van der Waals surface area contributed by atoms with Crippen molar-refractivity contribution in [2.75, 3.05) is 0 Å². The maximum atomic E-state index is 13.9. The zero-order valence-electron chi connectivity index (χ0n) is 16.4. The van der Waals surface area contributed by atoms with Crippen LogP contribution >= 0.6 is 23.4 Å². The summed E-state index contributed by atoms with van der Waals surface area (Å²) in [5.74, 6) is 1.78. The Hall–Kier alpha value is -2.05. The van der Waals surface area contributed by atoms with Gasteiger partial charge in [0.25, 0.3) is 0 Å². The lowest BCUT2D eigenvalue weighted by molar-refractivity contribution is 0.209. The first-order valence-electron chi connectivity index (χ1n) is 9.13. The first-order valence-corrected chi connectivity index (χ1v) is 10.5. The molecule has 1 unspecified atom stereocenters. The van der Waals surface area contributed by atoms with Gasteiger partial charge in [0.1, 0.15) is 11.6 Å². The number of ether oxygens (including phenoxy) is 1. The summed E-state index contributed by atoms with van der Waals surface area (Å²) in [4.78, 5) is 0. The fourth-order valence-electron chi connectivity index (χ4n) is 2.99. The molecule has 0 radical (unpaired) electrons. The average molecular weight is 420 g/mol. The van der Waals surface area contributed by atoms with E-state index in [4.69, 9.17) is 16.3 Å². The molecule has 28 heavy (non-hydrogen) atoms. The van der Waals surface area contributed by atoms with Gasteiger partial charge in [0.2, 0.25) is 0 Å². The van der Waals surface area contributed by atoms with Gasteiger partial charge in [0.05, 0.1) is 0 Å². The molecular formula is C21H23ClFN3OS. The molecule has 4 nitrogen and oxygen atoms in total. The fourth-order valence-corrected chi connectivity index (χ4v) is 4.10. The minimum absolute atomic E-state index is 0.206. The molecular weight excluding hydrogens is 397 g/mol. The molecule has 1 heterocycles. The van der Waals surface area contributed by atoms with Crippen LogP contribution in [-0.4, -0.2) is 14.8 Å². The number of halogens is 2. The van der Waals surface area contributed by atoms with Crippen molar-refractivity contribution in [3.05, 3.63) is 69.8 Å². The van der Waals surface area contributed by atoms with E-state index in [9.17, 15) is 4.39 Å². The molecule has 7 heteroatoms. The highest BCUT2D eigenvalue weighted by atomic mass is 35.5. The van der Waals surface area contributed by atoms with Gasteiger partial charge in [-0.25, -0.2) is 4.39 Å². The van der Waals surface area contributed by atoms with Crippen LogP contribution in [0.15, 0.2) is 41.6 Å². The van der Waals surface area contributed by atoms with Crippen LogP contribution in [0.2, 0.25) is 5.02 Å². The zero-order chi connectivity index (χ0) is 20.3. The third kappa shape index (κ3) is 4.50. The Balaban J connectivity index is 1.76. The molecule has 3 rings (SSSR count). The van der Waals surface area contributed by atoms with Crippen LogP contribution in [0.4, 0.5) is 4.39 Å². The summed E-state index contributed by atoms with van der Waals surface area (Å²) in [5, 5.41) is 10.1. The molecule has 1 aromatic heterocycles. The largest absolute Gasteiger partial charge is 0.483 e. The highest BCUT2D eigenvalue weighted by Crippen LogP contribution is 2.30. The first-order chi connectivity index (χ1) is 13.4. The third-order valence-electron chi connectivity index (χ3n) is 4.46. The second-order valence-electron chi connectivity index (χ2n) is 6.60. The predicted molar refractivity (Wildman–Crippen MR) is 112 cm³/mol. The molecule has 0 spiro atoms. The summed E-state index contributed by atoms with van der Waals surface area (Å²) in [6.07, 6.45) is -0.282. The highest BCUT2D eigenvalue weighted by Gasteiger charge is 2.19. The van der Waals surface area contributed by atoms with Gasteiger partial charge in [-0.05, 0) is 62.6 Å². The van der Waals surface area contributed by atoms with Gasteiger partial charge in [-0.3, -0.25) is 0 Å². The normalized spacial score (nSPS) is 12.2. The van der Waals surface area contributed by atoms with Crippen molar-refractivity contribution in [2.45, 2.75) is 51.3 Å². The number of aromatic nitrogens is 3. The number of hydrogen-bond acceptors (Lipinski definition) is 4. The van der Waals surface area contributed by atoms with Crippen LogP contribution in [0.1, 0.15) is 42.5 Å². The molecule has 2 aromatic carbocycles. The van der Waals surface area contributed by atoms with Crippen molar-refractivity contribution in [1.82, 2.24) is 14.8 Å². The summed E-state index contributed by atoms with van der Waals surface area (Å²) in [7, 11) is 0. The molecule has 1 atom stereocenters. The van der Waals surface area contributed by atoms with E-state index in [0.717, 1.165) is 32.9 Å². The van der Waals surface area contributed by atoms with Crippen molar-refractivity contribution in [3.63, 3.8) is 0 Å². The van der Waals surface area contributed by atoms with Crippen LogP contribution < -0.4 is 4.74 Å². The fraction of sp³-hybridized carbons (Fsp3) is 0.333. The molecule has 0 aliphatic carbocycles. The van der Waals surface area contributed by atoms with E-state index in [1.165, 1.54) is 17.8 Å². The number of nitrogens with zero attached hydrogens (tertiary/aromatic N) is 3. The second-order valence-corrected chi connectivity index (χ2v) is 7.92. The van der Waals surface area contributed by atoms with Gasteiger partial charge in [-0.15, -0.1) is 10.2 Å². The van der Waals surface area contributed by atoms with Gasteiger partial charge >= 0.3 is 0 Å². The van der Waals surface area contributed by atoms with Crippen molar-refractivity contribution in [1.29, 1.82) is 0 Å². The van der Waals surface area contributed by atoms with Crippen LogP contribution in [0.25, 0.3) is 0 Å². The Morgan fingerprint density at radius 1 is 1.18 bits per heavy atom. The lowest BCUT2D eigenvalue weighted by atomic mass is 10.1. The summed E-state index contributed by atoms with van der Waals surface area (Å²) in [6, 6.07) is 10.6. The highest BCUT2D eigenvalue weighted by molar-refractivity contribution is 7.98. The van der Waals surface area contributed by atoms with E-state index in [-0.39, 0.29) is 11.9 Å². The van der Waals surface area contributed by atoms with E-state index in [1.807, 2.05) is 50.5 Å². The number of thioether (sulfide) groups is 1. The molecule has 0 saturated heterocycles. The molecule has 148 valence electrons. The molecule has 0 N–H and O–H groups in total. The minimum Gasteiger partial charge on any atom is -0.483 e. The van der Waals surface area contributed by atoms with E-state index < -0.39 is 0 Å². The first kappa shape index (κ1) is 20.7. The van der Waals surface area contributed by atoms with Gasteiger partial charge in [-0.2, -0.15) is 0 Å². The Kier molecular flexibility index (Phi) is 6.62. The van der Waals surface area contributed by atoms with Crippen molar-refractivity contribution in [2.24, 2.45) is 0 Å². The van der Waals surface area contributed by atoms with E-state index >= 15 is 0 Å². The summed E-state index contributed by atoms with van der Waals surface area (Å²) < 4.78 is 22.0. The molecule has 0 bridgehead atoms. The smallest absolute Gasteiger partial charge is 0.191 e. The monoisotopic (exact) mass is 419 g/mol. The van der Waals surface area contributed by atoms with Crippen LogP contribution in [-0.2, 0) is 12.3 Å². The summed E-state index contributed by atoms with van der Waals surface area (Å²) >= 11 is 7.71.